The summed E-state index contributed by atoms with van der Waals surface area (Å²) in [4.78, 5) is 49.0. The van der Waals surface area contributed by atoms with Gasteiger partial charge in [-0.25, -0.2) is 9.89 Å². The zero-order valence-corrected chi connectivity index (χ0v) is 22.2. The second-order valence-electron chi connectivity index (χ2n) is 8.48. The van der Waals surface area contributed by atoms with Crippen molar-refractivity contribution in [2.75, 3.05) is 24.7 Å². The monoisotopic (exact) mass is 541 g/mol. The number of unbranched alkanes of at least 4 members (excludes halogenated alkanes) is 1. The van der Waals surface area contributed by atoms with Gasteiger partial charge in [-0.1, -0.05) is 48.8 Å². The van der Waals surface area contributed by atoms with E-state index in [1.54, 1.807) is 18.2 Å². The van der Waals surface area contributed by atoms with Gasteiger partial charge < -0.3 is 15.4 Å². The molecule has 2 aliphatic heterocycles. The van der Waals surface area contributed by atoms with Crippen LogP contribution in [0, 0.1) is 0 Å². The summed E-state index contributed by atoms with van der Waals surface area (Å²) < 4.78 is 5.28. The average Bonchev–Trinajstić information content (AvgIpc) is 3.23. The molecule has 0 aromatic heterocycles. The fourth-order valence-electron chi connectivity index (χ4n) is 3.94. The molecule has 0 unspecified atom stereocenters. The van der Waals surface area contributed by atoms with Crippen LogP contribution >= 0.6 is 23.4 Å². The molecule has 0 radical (unpaired) electrons. The van der Waals surface area contributed by atoms with Gasteiger partial charge in [-0.2, -0.15) is 0 Å². The standard InChI is InChI=1S/C26H28ClN5O4S/c1-3-4-13-28-22(33)12-10-19-25(35)32-24(30-19)17-7-5-6-8-18(17)31-26(32)37-15-23(34)29-20-14-16(27)9-11-21(20)36-2/h5-9,11,14,19H,3-4,10,12-13,15H2,1-2H3,(H,28,33)(H,29,34)/t19-/m0/s1. The van der Waals surface area contributed by atoms with Gasteiger partial charge in [-0.3, -0.25) is 19.4 Å². The zero-order chi connectivity index (χ0) is 26.4. The van der Waals surface area contributed by atoms with E-state index < -0.39 is 6.04 Å². The maximum Gasteiger partial charge on any atom is 0.259 e. The summed E-state index contributed by atoms with van der Waals surface area (Å²) in [6.07, 6.45) is 2.41. The Morgan fingerprint density at radius 1 is 1.19 bits per heavy atom. The van der Waals surface area contributed by atoms with E-state index in [-0.39, 0.29) is 29.9 Å². The number of nitrogens with one attached hydrogen (secondary N) is 2. The quantitative estimate of drug-likeness (QED) is 0.434. The largest absolute Gasteiger partial charge is 0.495 e. The number of carbonyl (C=O) groups is 3. The molecule has 0 saturated carbocycles. The lowest BCUT2D eigenvalue weighted by Gasteiger charge is -2.25. The third kappa shape index (κ3) is 6.31. The van der Waals surface area contributed by atoms with Crippen molar-refractivity contribution >= 4 is 63.5 Å². The van der Waals surface area contributed by atoms with Crippen LogP contribution in [0.2, 0.25) is 5.02 Å². The first-order chi connectivity index (χ1) is 17.9. The first-order valence-electron chi connectivity index (χ1n) is 12.0. The second-order valence-corrected chi connectivity index (χ2v) is 9.86. The van der Waals surface area contributed by atoms with Crippen LogP contribution < -0.4 is 15.4 Å². The molecule has 0 spiro atoms. The van der Waals surface area contributed by atoms with Crippen molar-refractivity contribution < 1.29 is 19.1 Å². The normalized spacial score (nSPS) is 15.9. The number of methoxy groups -OCH3 is 1. The van der Waals surface area contributed by atoms with Crippen LogP contribution in [0.15, 0.2) is 52.4 Å². The summed E-state index contributed by atoms with van der Waals surface area (Å²) in [7, 11) is 1.51. The van der Waals surface area contributed by atoms with E-state index in [1.165, 1.54) is 12.0 Å². The summed E-state index contributed by atoms with van der Waals surface area (Å²) >= 11 is 7.19. The van der Waals surface area contributed by atoms with Crippen molar-refractivity contribution in [2.24, 2.45) is 9.98 Å². The van der Waals surface area contributed by atoms with Crippen molar-refractivity contribution in [1.82, 2.24) is 10.2 Å². The van der Waals surface area contributed by atoms with E-state index in [4.69, 9.17) is 16.3 Å². The van der Waals surface area contributed by atoms with Gasteiger partial charge in [-0.15, -0.1) is 0 Å². The van der Waals surface area contributed by atoms with E-state index >= 15 is 0 Å². The number of thioether (sulfide) groups is 1. The molecular weight excluding hydrogens is 514 g/mol. The number of amides is 3. The number of ether oxygens (including phenoxy) is 1. The van der Waals surface area contributed by atoms with Crippen molar-refractivity contribution in [2.45, 2.75) is 38.6 Å². The molecule has 37 heavy (non-hydrogen) atoms. The molecule has 0 bridgehead atoms. The number of hydrogen-bond acceptors (Lipinski definition) is 7. The van der Waals surface area contributed by atoms with Crippen LogP contribution in [0.3, 0.4) is 0 Å². The number of halogens is 1. The number of hydrogen-bond donors (Lipinski definition) is 2. The fraction of sp³-hybridized carbons (Fsp3) is 0.346. The van der Waals surface area contributed by atoms with Crippen molar-refractivity contribution in [3.05, 3.63) is 53.1 Å². The predicted octanol–water partition coefficient (Wildman–Crippen LogP) is 4.38. The maximum absolute atomic E-state index is 13.3. The van der Waals surface area contributed by atoms with Gasteiger partial charge in [0.05, 0.1) is 24.2 Å². The summed E-state index contributed by atoms with van der Waals surface area (Å²) in [5.41, 5.74) is 1.86. The third-order valence-electron chi connectivity index (χ3n) is 5.81. The van der Waals surface area contributed by atoms with Crippen LogP contribution in [0.1, 0.15) is 38.2 Å². The molecule has 11 heteroatoms. The van der Waals surface area contributed by atoms with Crippen molar-refractivity contribution in [3.63, 3.8) is 0 Å². The SMILES string of the molecule is CCCCNC(=O)CC[C@@H]1N=C2c3ccccc3N=C(SCC(=O)Nc3cc(Cl)ccc3OC)N2C1=O. The van der Waals surface area contributed by atoms with Gasteiger partial charge in [0, 0.05) is 23.6 Å². The number of carbonyl (C=O) groups excluding carboxylic acids is 3. The molecule has 4 rings (SSSR count). The lowest BCUT2D eigenvalue weighted by atomic mass is 10.1. The minimum Gasteiger partial charge on any atom is -0.495 e. The predicted molar refractivity (Wildman–Crippen MR) is 147 cm³/mol. The highest BCUT2D eigenvalue weighted by molar-refractivity contribution is 8.14. The Labute approximate surface area is 224 Å². The minimum atomic E-state index is -0.687. The summed E-state index contributed by atoms with van der Waals surface area (Å²) in [5, 5.41) is 6.49. The Balaban J connectivity index is 1.46. The number of fused-ring (bicyclic) bond motifs is 3. The highest BCUT2D eigenvalue weighted by atomic mass is 35.5. The lowest BCUT2D eigenvalue weighted by Crippen LogP contribution is -2.41. The zero-order valence-electron chi connectivity index (χ0n) is 20.6. The molecule has 0 saturated heterocycles. The van der Waals surface area contributed by atoms with Crippen LogP contribution in [0.5, 0.6) is 5.75 Å². The first kappa shape index (κ1) is 26.7. The number of benzene rings is 2. The fourth-order valence-corrected chi connectivity index (χ4v) is 4.91. The average molecular weight is 542 g/mol. The van der Waals surface area contributed by atoms with E-state index in [0.29, 0.717) is 46.1 Å². The topological polar surface area (TPSA) is 112 Å². The number of nitrogens with zero attached hydrogens (tertiary/aromatic N) is 3. The Kier molecular flexibility index (Phi) is 8.83. The Morgan fingerprint density at radius 2 is 2.00 bits per heavy atom. The van der Waals surface area contributed by atoms with Crippen LogP contribution in [-0.2, 0) is 14.4 Å². The highest BCUT2D eigenvalue weighted by Crippen LogP contribution is 2.34. The smallest absolute Gasteiger partial charge is 0.259 e. The van der Waals surface area contributed by atoms with E-state index in [9.17, 15) is 14.4 Å². The van der Waals surface area contributed by atoms with Crippen LogP contribution in [0.4, 0.5) is 11.4 Å². The molecule has 9 nitrogen and oxygen atoms in total. The third-order valence-corrected chi connectivity index (χ3v) is 6.99. The number of para-hydroxylation sites is 1. The summed E-state index contributed by atoms with van der Waals surface area (Å²) in [6.45, 7) is 2.68. The van der Waals surface area contributed by atoms with Gasteiger partial charge in [0.2, 0.25) is 11.8 Å². The van der Waals surface area contributed by atoms with Gasteiger partial charge in [0.25, 0.3) is 5.91 Å². The summed E-state index contributed by atoms with van der Waals surface area (Å²) in [6, 6.07) is 11.7. The molecule has 0 aliphatic carbocycles. The number of anilines is 1. The van der Waals surface area contributed by atoms with Gasteiger partial charge in [0.1, 0.15) is 17.6 Å². The molecule has 194 valence electrons. The van der Waals surface area contributed by atoms with Crippen LogP contribution in [-0.4, -0.2) is 59.1 Å². The molecule has 2 aromatic rings. The molecular formula is C26H28ClN5O4S. The Morgan fingerprint density at radius 3 is 2.78 bits per heavy atom. The molecule has 1 atom stereocenters. The van der Waals surface area contributed by atoms with Gasteiger partial charge in [-0.05, 0) is 43.2 Å². The van der Waals surface area contributed by atoms with Crippen LogP contribution in [0.25, 0.3) is 0 Å². The number of rotatable bonds is 10. The van der Waals surface area contributed by atoms with E-state index in [2.05, 4.69) is 27.5 Å². The van der Waals surface area contributed by atoms with Gasteiger partial charge >= 0.3 is 0 Å². The molecule has 2 aliphatic rings. The van der Waals surface area contributed by atoms with Crippen molar-refractivity contribution in [3.8, 4) is 5.75 Å². The summed E-state index contributed by atoms with van der Waals surface area (Å²) in [5.74, 6) is 0.316. The second kappa shape index (κ2) is 12.2. The molecule has 2 aromatic carbocycles. The number of amidine groups is 2. The maximum atomic E-state index is 13.3. The first-order valence-corrected chi connectivity index (χ1v) is 13.4. The molecule has 0 fully saturated rings. The number of aliphatic imine (C=N–C) groups is 2. The molecule has 2 N–H and O–H groups in total. The molecule has 3 amide bonds. The molecule has 2 heterocycles. The van der Waals surface area contributed by atoms with Gasteiger partial charge in [0.15, 0.2) is 5.17 Å². The minimum absolute atomic E-state index is 0.00176. The Bertz CT molecular complexity index is 1270. The van der Waals surface area contributed by atoms with Crippen molar-refractivity contribution in [1.29, 1.82) is 0 Å². The van der Waals surface area contributed by atoms with E-state index in [1.807, 2.05) is 24.3 Å². The Hall–Kier alpha value is -3.37. The van der Waals surface area contributed by atoms with E-state index in [0.717, 1.165) is 30.2 Å². The highest BCUT2D eigenvalue weighted by Gasteiger charge is 2.41. The lowest BCUT2D eigenvalue weighted by molar-refractivity contribution is -0.125.